The Bertz CT molecular complexity index is 903. The van der Waals surface area contributed by atoms with Gasteiger partial charge in [-0.2, -0.15) is 5.26 Å². The summed E-state index contributed by atoms with van der Waals surface area (Å²) in [5.41, 5.74) is 1.95. The van der Waals surface area contributed by atoms with Crippen LogP contribution in [0.15, 0.2) is 59.1 Å². The third-order valence-corrected chi connectivity index (χ3v) is 4.19. The van der Waals surface area contributed by atoms with Crippen molar-refractivity contribution >= 4 is 38.3 Å². The highest BCUT2D eigenvalue weighted by molar-refractivity contribution is 9.10. The maximum atomic E-state index is 8.80. The Kier molecular flexibility index (Phi) is 4.68. The number of benzene rings is 2. The molecule has 0 spiro atoms. The third kappa shape index (κ3) is 3.50. The molecule has 4 nitrogen and oxygen atoms in total. The summed E-state index contributed by atoms with van der Waals surface area (Å²) < 4.78 is 6.51. The van der Waals surface area contributed by atoms with Crippen molar-refractivity contribution in [2.75, 3.05) is 11.9 Å². The molecule has 0 aliphatic rings. The molecular weight excluding hydrogens is 366 g/mol. The highest BCUT2D eigenvalue weighted by Crippen LogP contribution is 2.27. The molecule has 0 aliphatic carbocycles. The molecule has 0 bridgehead atoms. The van der Waals surface area contributed by atoms with Gasteiger partial charge in [0, 0.05) is 22.6 Å². The number of aromatic nitrogens is 1. The highest BCUT2D eigenvalue weighted by Gasteiger charge is 2.08. The van der Waals surface area contributed by atoms with Gasteiger partial charge < -0.3 is 9.64 Å². The molecule has 1 aromatic heterocycles. The van der Waals surface area contributed by atoms with Crippen LogP contribution in [0.25, 0.3) is 10.9 Å². The number of hydrogen-bond acceptors (Lipinski definition) is 4. The predicted molar refractivity (Wildman–Crippen MR) is 99.7 cm³/mol. The highest BCUT2D eigenvalue weighted by atomic mass is 79.9. The lowest BCUT2D eigenvalue weighted by molar-refractivity contribution is 0.276. The van der Waals surface area contributed by atoms with Crippen LogP contribution in [0.2, 0.25) is 0 Å². The first-order valence-corrected chi connectivity index (χ1v) is 8.32. The van der Waals surface area contributed by atoms with Gasteiger partial charge in [0.05, 0.1) is 5.52 Å². The first kappa shape index (κ1) is 16.3. The molecule has 2 aromatic carbocycles. The number of hydrogen-bond donors (Lipinski definition) is 0. The molecule has 3 aromatic rings. The topological polar surface area (TPSA) is 49.1 Å². The smallest absolute Gasteiger partial charge is 0.181 e. The van der Waals surface area contributed by atoms with E-state index in [0.29, 0.717) is 5.75 Å². The molecule has 120 valence electrons. The SMILES string of the molecule is CC(C#N)Oc1ccc(N(C)c2ccc3cc(Br)ccc3n2)cc1. The summed E-state index contributed by atoms with van der Waals surface area (Å²) in [6.45, 7) is 1.72. The first-order valence-electron chi connectivity index (χ1n) is 7.53. The second kappa shape index (κ2) is 6.90. The molecule has 1 unspecified atom stereocenters. The van der Waals surface area contributed by atoms with Gasteiger partial charge in [0.15, 0.2) is 6.10 Å². The van der Waals surface area contributed by atoms with E-state index in [2.05, 4.69) is 34.1 Å². The average Bonchev–Trinajstić information content (AvgIpc) is 2.61. The minimum atomic E-state index is -0.463. The maximum absolute atomic E-state index is 8.80. The number of pyridine rings is 1. The van der Waals surface area contributed by atoms with Crippen molar-refractivity contribution in [3.05, 3.63) is 59.1 Å². The number of halogens is 1. The summed E-state index contributed by atoms with van der Waals surface area (Å²) in [5, 5.41) is 9.89. The number of nitrogens with zero attached hydrogens (tertiary/aromatic N) is 3. The van der Waals surface area contributed by atoms with Crippen molar-refractivity contribution in [1.29, 1.82) is 5.26 Å². The lowest BCUT2D eigenvalue weighted by Crippen LogP contribution is -2.11. The predicted octanol–water partition coefficient (Wildman–Crippen LogP) is 5.06. The van der Waals surface area contributed by atoms with E-state index in [0.717, 1.165) is 26.9 Å². The Balaban J connectivity index is 1.84. The summed E-state index contributed by atoms with van der Waals surface area (Å²) in [6.07, 6.45) is -0.463. The molecule has 0 amide bonds. The van der Waals surface area contributed by atoms with Crippen LogP contribution in [0.1, 0.15) is 6.92 Å². The van der Waals surface area contributed by atoms with Gasteiger partial charge in [0.2, 0.25) is 0 Å². The summed E-state index contributed by atoms with van der Waals surface area (Å²) in [6, 6.07) is 19.8. The van der Waals surface area contributed by atoms with Gasteiger partial charge in [-0.1, -0.05) is 15.9 Å². The van der Waals surface area contributed by atoms with E-state index in [1.165, 1.54) is 0 Å². The number of nitriles is 1. The summed E-state index contributed by atoms with van der Waals surface area (Å²) in [7, 11) is 1.97. The van der Waals surface area contributed by atoms with E-state index in [1.807, 2.05) is 54.4 Å². The minimum Gasteiger partial charge on any atom is -0.476 e. The second-order valence-corrected chi connectivity index (χ2v) is 6.36. The normalized spacial score (nSPS) is 11.8. The van der Waals surface area contributed by atoms with Crippen molar-refractivity contribution in [2.24, 2.45) is 0 Å². The molecule has 0 fully saturated rings. The maximum Gasteiger partial charge on any atom is 0.181 e. The van der Waals surface area contributed by atoms with E-state index in [1.54, 1.807) is 6.92 Å². The molecule has 24 heavy (non-hydrogen) atoms. The number of fused-ring (bicyclic) bond motifs is 1. The molecule has 0 N–H and O–H groups in total. The molecule has 0 saturated carbocycles. The standard InChI is InChI=1S/C19H16BrN3O/c1-13(12-21)24-17-7-5-16(6-8-17)23(2)19-10-3-14-11-15(20)4-9-18(14)22-19/h3-11,13H,1-2H3. The summed E-state index contributed by atoms with van der Waals surface area (Å²) in [4.78, 5) is 6.72. The van der Waals surface area contributed by atoms with Crippen LogP contribution in [0.5, 0.6) is 5.75 Å². The number of rotatable bonds is 4. The van der Waals surface area contributed by atoms with Crippen molar-refractivity contribution in [2.45, 2.75) is 13.0 Å². The van der Waals surface area contributed by atoms with E-state index < -0.39 is 6.10 Å². The fourth-order valence-electron chi connectivity index (χ4n) is 2.38. The molecule has 5 heteroatoms. The van der Waals surface area contributed by atoms with Crippen LogP contribution in [0.4, 0.5) is 11.5 Å². The van der Waals surface area contributed by atoms with Crippen LogP contribution in [-0.4, -0.2) is 18.1 Å². The van der Waals surface area contributed by atoms with Gasteiger partial charge in [0.1, 0.15) is 17.6 Å². The van der Waals surface area contributed by atoms with Crippen LogP contribution in [0.3, 0.4) is 0 Å². The van der Waals surface area contributed by atoms with Crippen molar-refractivity contribution in [3.63, 3.8) is 0 Å². The Morgan fingerprint density at radius 3 is 2.58 bits per heavy atom. The summed E-state index contributed by atoms with van der Waals surface area (Å²) in [5.74, 6) is 1.54. The van der Waals surface area contributed by atoms with E-state index in [9.17, 15) is 0 Å². The lowest BCUT2D eigenvalue weighted by atomic mass is 10.2. The summed E-state index contributed by atoms with van der Waals surface area (Å²) >= 11 is 3.48. The Labute approximate surface area is 149 Å². The van der Waals surface area contributed by atoms with Gasteiger partial charge in [0.25, 0.3) is 0 Å². The van der Waals surface area contributed by atoms with Gasteiger partial charge in [-0.05, 0) is 61.5 Å². The zero-order valence-electron chi connectivity index (χ0n) is 13.4. The molecule has 1 atom stereocenters. The minimum absolute atomic E-state index is 0.463. The lowest BCUT2D eigenvalue weighted by Gasteiger charge is -2.19. The van der Waals surface area contributed by atoms with Crippen molar-refractivity contribution in [1.82, 2.24) is 4.98 Å². The molecular formula is C19H16BrN3O. The first-order chi connectivity index (χ1) is 11.6. The van der Waals surface area contributed by atoms with Gasteiger partial charge in [-0.3, -0.25) is 0 Å². The van der Waals surface area contributed by atoms with Crippen molar-refractivity contribution in [3.8, 4) is 11.8 Å². The number of ether oxygens (including phenoxy) is 1. The van der Waals surface area contributed by atoms with Crippen LogP contribution >= 0.6 is 15.9 Å². The largest absolute Gasteiger partial charge is 0.476 e. The Morgan fingerprint density at radius 2 is 1.88 bits per heavy atom. The van der Waals surface area contributed by atoms with Gasteiger partial charge >= 0.3 is 0 Å². The zero-order valence-corrected chi connectivity index (χ0v) is 15.0. The van der Waals surface area contributed by atoms with Crippen LogP contribution in [-0.2, 0) is 0 Å². The quantitative estimate of drug-likeness (QED) is 0.633. The van der Waals surface area contributed by atoms with Crippen molar-refractivity contribution < 1.29 is 4.74 Å². The monoisotopic (exact) mass is 381 g/mol. The molecule has 3 rings (SSSR count). The number of anilines is 2. The van der Waals surface area contributed by atoms with E-state index in [-0.39, 0.29) is 0 Å². The molecule has 0 radical (unpaired) electrons. The average molecular weight is 382 g/mol. The van der Waals surface area contributed by atoms with Crippen LogP contribution in [0, 0.1) is 11.3 Å². The van der Waals surface area contributed by atoms with E-state index in [4.69, 9.17) is 15.0 Å². The Hall–Kier alpha value is -2.58. The fourth-order valence-corrected chi connectivity index (χ4v) is 2.76. The fraction of sp³-hybridized carbons (Fsp3) is 0.158. The van der Waals surface area contributed by atoms with Gasteiger partial charge in [-0.25, -0.2) is 4.98 Å². The van der Waals surface area contributed by atoms with E-state index >= 15 is 0 Å². The molecule has 0 aliphatic heterocycles. The van der Waals surface area contributed by atoms with Gasteiger partial charge in [-0.15, -0.1) is 0 Å². The molecule has 0 saturated heterocycles. The van der Waals surface area contributed by atoms with Crippen LogP contribution < -0.4 is 9.64 Å². The Morgan fingerprint density at radius 1 is 1.12 bits per heavy atom. The third-order valence-electron chi connectivity index (χ3n) is 3.70. The molecule has 1 heterocycles. The zero-order chi connectivity index (χ0) is 17.1. The second-order valence-electron chi connectivity index (χ2n) is 5.45.